The Balaban J connectivity index is 2.17. The summed E-state index contributed by atoms with van der Waals surface area (Å²) in [4.78, 5) is 6.42. The lowest BCUT2D eigenvalue weighted by Crippen LogP contribution is -2.31. The van der Waals surface area contributed by atoms with Crippen LogP contribution in [-0.4, -0.2) is 49.7 Å². The van der Waals surface area contributed by atoms with Crippen LogP contribution in [0.3, 0.4) is 0 Å². The van der Waals surface area contributed by atoms with Crippen molar-refractivity contribution in [1.29, 1.82) is 0 Å². The van der Waals surface area contributed by atoms with Crippen molar-refractivity contribution in [3.8, 4) is 5.75 Å². The van der Waals surface area contributed by atoms with Crippen LogP contribution in [0.4, 0.5) is 4.39 Å². The third kappa shape index (κ3) is 4.64. The number of likely N-dealkylation sites (N-methyl/N-ethyl adjacent to an activating group) is 1. The highest BCUT2D eigenvalue weighted by atomic mass is 19.1. The lowest BCUT2D eigenvalue weighted by Gasteiger charge is -2.26. The molecular weight excluding hydrogens is 269 g/mol. The molecule has 1 aliphatic rings. The molecule has 1 aromatic rings. The van der Waals surface area contributed by atoms with Crippen LogP contribution in [0.2, 0.25) is 0 Å². The van der Waals surface area contributed by atoms with Gasteiger partial charge in [0.15, 0.2) is 0 Å². The average molecular weight is 295 g/mol. The fraction of sp³-hybridized carbons (Fsp3) is 0.688. The fourth-order valence-corrected chi connectivity index (χ4v) is 2.76. The van der Waals surface area contributed by atoms with Crippen LogP contribution in [0.25, 0.3) is 0 Å². The van der Waals surface area contributed by atoms with Crippen LogP contribution >= 0.6 is 0 Å². The summed E-state index contributed by atoms with van der Waals surface area (Å²) in [5.41, 5.74) is 0.912. The Morgan fingerprint density at radius 3 is 2.76 bits per heavy atom. The minimum atomic E-state index is -0.331. The highest BCUT2D eigenvalue weighted by Gasteiger charge is 2.22. The predicted molar refractivity (Wildman–Crippen MR) is 82.3 cm³/mol. The molecule has 1 fully saturated rings. The van der Waals surface area contributed by atoms with Crippen LogP contribution < -0.4 is 10.1 Å². The number of nitrogens with one attached hydrogen (secondary N) is 1. The lowest BCUT2D eigenvalue weighted by atomic mass is 9.93. The number of pyridine rings is 1. The summed E-state index contributed by atoms with van der Waals surface area (Å²) in [5.74, 6) is 0.650. The molecule has 0 aliphatic carbocycles. The average Bonchev–Trinajstić information content (AvgIpc) is 2.47. The molecule has 4 nitrogen and oxygen atoms in total. The van der Waals surface area contributed by atoms with E-state index in [4.69, 9.17) is 4.74 Å². The van der Waals surface area contributed by atoms with E-state index in [0.717, 1.165) is 44.6 Å². The summed E-state index contributed by atoms with van der Waals surface area (Å²) in [6, 6.07) is 1.49. The third-order valence-electron chi connectivity index (χ3n) is 3.89. The predicted octanol–water partition coefficient (Wildman–Crippen LogP) is 2.41. The zero-order valence-electron chi connectivity index (χ0n) is 13.2. The number of ether oxygens (including phenoxy) is 1. The number of hydrogen-bond donors (Lipinski definition) is 1. The smallest absolute Gasteiger partial charge is 0.145 e. The van der Waals surface area contributed by atoms with Gasteiger partial charge in [0.05, 0.1) is 11.9 Å². The highest BCUT2D eigenvalue weighted by Crippen LogP contribution is 2.32. The Morgan fingerprint density at radius 1 is 1.43 bits per heavy atom. The van der Waals surface area contributed by atoms with Gasteiger partial charge in [-0.3, -0.25) is 4.98 Å². The molecule has 0 unspecified atom stereocenters. The van der Waals surface area contributed by atoms with Crippen molar-refractivity contribution in [2.45, 2.75) is 38.2 Å². The van der Waals surface area contributed by atoms with Crippen molar-refractivity contribution in [1.82, 2.24) is 15.2 Å². The van der Waals surface area contributed by atoms with Crippen molar-refractivity contribution in [2.75, 3.05) is 33.7 Å². The van der Waals surface area contributed by atoms with E-state index in [-0.39, 0.29) is 11.9 Å². The van der Waals surface area contributed by atoms with E-state index >= 15 is 0 Å². The molecule has 0 bridgehead atoms. The van der Waals surface area contributed by atoms with Crippen molar-refractivity contribution < 1.29 is 9.13 Å². The summed E-state index contributed by atoms with van der Waals surface area (Å²) < 4.78 is 19.6. The number of aromatic nitrogens is 1. The fourth-order valence-electron chi connectivity index (χ4n) is 2.76. The van der Waals surface area contributed by atoms with E-state index in [2.05, 4.69) is 22.1 Å². The van der Waals surface area contributed by atoms with Gasteiger partial charge in [0.2, 0.25) is 0 Å². The van der Waals surface area contributed by atoms with Crippen LogP contribution in [0.5, 0.6) is 5.75 Å². The molecule has 1 aliphatic heterocycles. The molecule has 0 radical (unpaired) electrons. The first-order valence-corrected chi connectivity index (χ1v) is 7.77. The van der Waals surface area contributed by atoms with Gasteiger partial charge in [-0.05, 0) is 46.4 Å². The SMILES string of the molecule is CC[C@@H](CN(C)C)Oc1cc(F)cnc1C1CCNCC1. The van der Waals surface area contributed by atoms with Gasteiger partial charge in [-0.25, -0.2) is 4.39 Å². The summed E-state index contributed by atoms with van der Waals surface area (Å²) in [6.07, 6.45) is 4.31. The van der Waals surface area contributed by atoms with Gasteiger partial charge in [0, 0.05) is 18.5 Å². The molecule has 0 aromatic carbocycles. The van der Waals surface area contributed by atoms with Crippen LogP contribution in [0, 0.1) is 5.82 Å². The summed E-state index contributed by atoms with van der Waals surface area (Å²) >= 11 is 0. The lowest BCUT2D eigenvalue weighted by molar-refractivity contribution is 0.152. The molecule has 118 valence electrons. The minimum Gasteiger partial charge on any atom is -0.487 e. The van der Waals surface area contributed by atoms with Gasteiger partial charge in [-0.15, -0.1) is 0 Å². The summed E-state index contributed by atoms with van der Waals surface area (Å²) in [6.45, 7) is 4.87. The Morgan fingerprint density at radius 2 is 2.14 bits per heavy atom. The molecule has 1 atom stereocenters. The topological polar surface area (TPSA) is 37.4 Å². The van der Waals surface area contributed by atoms with Crippen molar-refractivity contribution in [3.63, 3.8) is 0 Å². The van der Waals surface area contributed by atoms with E-state index in [0.29, 0.717) is 11.7 Å². The molecule has 1 N–H and O–H groups in total. The van der Waals surface area contributed by atoms with Gasteiger partial charge >= 0.3 is 0 Å². The minimum absolute atomic E-state index is 0.0593. The second kappa shape index (κ2) is 7.71. The summed E-state index contributed by atoms with van der Waals surface area (Å²) in [5, 5.41) is 3.34. The Bertz CT molecular complexity index is 447. The zero-order valence-corrected chi connectivity index (χ0v) is 13.2. The molecule has 2 heterocycles. The number of nitrogens with zero attached hydrogens (tertiary/aromatic N) is 2. The third-order valence-corrected chi connectivity index (χ3v) is 3.89. The first-order chi connectivity index (χ1) is 10.1. The van der Waals surface area contributed by atoms with Crippen LogP contribution in [-0.2, 0) is 0 Å². The van der Waals surface area contributed by atoms with Crippen molar-refractivity contribution in [2.24, 2.45) is 0 Å². The van der Waals surface area contributed by atoms with Crippen LogP contribution in [0.15, 0.2) is 12.3 Å². The monoisotopic (exact) mass is 295 g/mol. The largest absolute Gasteiger partial charge is 0.487 e. The maximum Gasteiger partial charge on any atom is 0.145 e. The molecular formula is C16H26FN3O. The molecule has 1 aromatic heterocycles. The standard InChI is InChI=1S/C16H26FN3O/c1-4-14(11-20(2)3)21-15-9-13(17)10-19-16(15)12-5-7-18-8-6-12/h9-10,12,14,18H,4-8,11H2,1-3H3/t14-/m0/s1. The van der Waals surface area contributed by atoms with Gasteiger partial charge in [0.25, 0.3) is 0 Å². The van der Waals surface area contributed by atoms with E-state index in [1.165, 1.54) is 12.3 Å². The Kier molecular flexibility index (Phi) is 5.94. The number of hydrogen-bond acceptors (Lipinski definition) is 4. The van der Waals surface area contributed by atoms with Gasteiger partial charge < -0.3 is 15.0 Å². The molecule has 0 saturated carbocycles. The van der Waals surface area contributed by atoms with Crippen LogP contribution in [0.1, 0.15) is 37.8 Å². The van der Waals surface area contributed by atoms with Gasteiger partial charge in [-0.2, -0.15) is 0 Å². The second-order valence-electron chi connectivity index (χ2n) is 5.97. The van der Waals surface area contributed by atoms with Gasteiger partial charge in [-0.1, -0.05) is 6.92 Å². The first-order valence-electron chi connectivity index (χ1n) is 7.77. The maximum absolute atomic E-state index is 13.6. The zero-order chi connectivity index (χ0) is 15.2. The van der Waals surface area contributed by atoms with Crippen molar-refractivity contribution in [3.05, 3.63) is 23.8 Å². The normalized spacial score (nSPS) is 18.0. The number of piperidine rings is 1. The van der Waals surface area contributed by atoms with Gasteiger partial charge in [0.1, 0.15) is 17.7 Å². The number of rotatable bonds is 6. The molecule has 5 heteroatoms. The highest BCUT2D eigenvalue weighted by molar-refractivity contribution is 5.31. The quantitative estimate of drug-likeness (QED) is 0.874. The maximum atomic E-state index is 13.6. The molecule has 1 saturated heterocycles. The van der Waals surface area contributed by atoms with E-state index in [1.807, 2.05) is 14.1 Å². The Hall–Kier alpha value is -1.20. The molecule has 21 heavy (non-hydrogen) atoms. The number of halogens is 1. The van der Waals surface area contributed by atoms with Crippen molar-refractivity contribution >= 4 is 0 Å². The van der Waals surface area contributed by atoms with E-state index < -0.39 is 0 Å². The molecule has 0 spiro atoms. The second-order valence-corrected chi connectivity index (χ2v) is 5.97. The molecule has 2 rings (SSSR count). The summed E-state index contributed by atoms with van der Waals surface area (Å²) in [7, 11) is 4.03. The van der Waals surface area contributed by atoms with E-state index in [9.17, 15) is 4.39 Å². The van der Waals surface area contributed by atoms with E-state index in [1.54, 1.807) is 0 Å². The molecule has 0 amide bonds. The first kappa shape index (κ1) is 16.2. The Labute approximate surface area is 126 Å².